The number of likely N-dealkylation sites (N-methyl/N-ethyl adjacent to an activating group) is 1. The molecule has 2 N–H and O–H groups in total. The van der Waals surface area contributed by atoms with Crippen LogP contribution in [-0.2, 0) is 4.79 Å². The van der Waals surface area contributed by atoms with Gasteiger partial charge in [0.05, 0.1) is 13.7 Å². The topological polar surface area (TPSA) is 92.3 Å². The van der Waals surface area contributed by atoms with Crippen molar-refractivity contribution in [2.75, 3.05) is 37.5 Å². The van der Waals surface area contributed by atoms with E-state index in [1.54, 1.807) is 11.9 Å². The quantitative estimate of drug-likeness (QED) is 0.728. The largest absolute Gasteiger partial charge is 0.467 e. The lowest BCUT2D eigenvalue weighted by Gasteiger charge is -2.18. The lowest BCUT2D eigenvalue weighted by molar-refractivity contribution is -0.120. The molecule has 0 aromatic carbocycles. The molecule has 0 spiro atoms. The van der Waals surface area contributed by atoms with Crippen LogP contribution in [0.4, 0.5) is 11.9 Å². The fraction of sp³-hybridized carbons (Fsp3) is 0.692. The minimum Gasteiger partial charge on any atom is -0.467 e. The van der Waals surface area contributed by atoms with Crippen LogP contribution in [0.5, 0.6) is 6.01 Å². The van der Waals surface area contributed by atoms with Crippen molar-refractivity contribution in [2.24, 2.45) is 0 Å². The number of nitrogens with one attached hydrogen (secondary N) is 2. The van der Waals surface area contributed by atoms with E-state index in [-0.39, 0.29) is 24.5 Å². The van der Waals surface area contributed by atoms with Crippen molar-refractivity contribution in [3.63, 3.8) is 0 Å². The van der Waals surface area contributed by atoms with Gasteiger partial charge in [-0.25, -0.2) is 0 Å². The molecule has 0 aliphatic rings. The zero-order valence-electron chi connectivity index (χ0n) is 13.3. The van der Waals surface area contributed by atoms with Gasteiger partial charge >= 0.3 is 6.01 Å². The van der Waals surface area contributed by atoms with E-state index in [0.717, 1.165) is 13.0 Å². The molecule has 0 unspecified atom stereocenters. The zero-order valence-corrected chi connectivity index (χ0v) is 13.3. The smallest absolute Gasteiger partial charge is 0.322 e. The Kier molecular flexibility index (Phi) is 6.64. The average molecular weight is 296 g/mol. The predicted octanol–water partition coefficient (Wildman–Crippen LogP) is 0.663. The van der Waals surface area contributed by atoms with Crippen molar-refractivity contribution in [1.29, 1.82) is 0 Å². The number of hydrogen-bond acceptors (Lipinski definition) is 7. The molecule has 0 atom stereocenters. The molecule has 0 saturated heterocycles. The van der Waals surface area contributed by atoms with Crippen LogP contribution < -0.4 is 20.3 Å². The fourth-order valence-corrected chi connectivity index (χ4v) is 1.58. The summed E-state index contributed by atoms with van der Waals surface area (Å²) >= 11 is 0. The second-order valence-corrected chi connectivity index (χ2v) is 4.95. The van der Waals surface area contributed by atoms with E-state index in [0.29, 0.717) is 11.9 Å². The van der Waals surface area contributed by atoms with Gasteiger partial charge in [-0.05, 0) is 20.3 Å². The molecular weight excluding hydrogens is 272 g/mol. The highest BCUT2D eigenvalue weighted by Gasteiger charge is 2.14. The first kappa shape index (κ1) is 16.9. The molecular formula is C13H24N6O2. The average Bonchev–Trinajstić information content (AvgIpc) is 2.43. The summed E-state index contributed by atoms with van der Waals surface area (Å²) in [6, 6.07) is 0.315. The Morgan fingerprint density at radius 1 is 1.33 bits per heavy atom. The van der Waals surface area contributed by atoms with Crippen LogP contribution in [0.2, 0.25) is 0 Å². The number of hydrogen-bond donors (Lipinski definition) is 2. The standard InChI is InChI=1S/C13H24N6O2/c1-6-7-14-11-16-12(18-13(17-11)21-5)19(4)8-10(20)15-9(2)3/h9H,6-8H2,1-5H3,(H,15,20)(H,14,16,17,18). The maximum absolute atomic E-state index is 11.8. The van der Waals surface area contributed by atoms with Crippen molar-refractivity contribution in [1.82, 2.24) is 20.3 Å². The van der Waals surface area contributed by atoms with Crippen LogP contribution in [-0.4, -0.2) is 54.1 Å². The number of carbonyl (C=O) groups excluding carboxylic acids is 1. The molecule has 0 radical (unpaired) electrons. The molecule has 0 aliphatic heterocycles. The molecule has 0 aliphatic carbocycles. The van der Waals surface area contributed by atoms with Crippen molar-refractivity contribution in [3.8, 4) is 6.01 Å². The predicted molar refractivity (Wildman–Crippen MR) is 81.7 cm³/mol. The molecule has 0 bridgehead atoms. The first-order valence-electron chi connectivity index (χ1n) is 7.00. The van der Waals surface area contributed by atoms with Crippen LogP contribution in [0, 0.1) is 0 Å². The molecule has 1 aromatic heterocycles. The van der Waals surface area contributed by atoms with Gasteiger partial charge in [-0.2, -0.15) is 15.0 Å². The van der Waals surface area contributed by atoms with Crippen LogP contribution in [0.3, 0.4) is 0 Å². The summed E-state index contributed by atoms with van der Waals surface area (Å²) in [6.45, 7) is 6.80. The minimum atomic E-state index is -0.0880. The minimum absolute atomic E-state index is 0.0880. The van der Waals surface area contributed by atoms with E-state index < -0.39 is 0 Å². The Hall–Kier alpha value is -2.12. The summed E-state index contributed by atoms with van der Waals surface area (Å²) in [4.78, 5) is 26.0. The van der Waals surface area contributed by atoms with E-state index in [1.807, 2.05) is 13.8 Å². The van der Waals surface area contributed by atoms with E-state index in [4.69, 9.17) is 4.74 Å². The van der Waals surface area contributed by atoms with Gasteiger partial charge in [0.15, 0.2) is 0 Å². The van der Waals surface area contributed by atoms with Gasteiger partial charge in [0, 0.05) is 19.6 Å². The second kappa shape index (κ2) is 8.23. The highest BCUT2D eigenvalue weighted by Crippen LogP contribution is 2.13. The van der Waals surface area contributed by atoms with Crippen molar-refractivity contribution < 1.29 is 9.53 Å². The number of ether oxygens (including phenoxy) is 1. The lowest BCUT2D eigenvalue weighted by Crippen LogP contribution is -2.39. The fourth-order valence-electron chi connectivity index (χ4n) is 1.58. The van der Waals surface area contributed by atoms with Crippen molar-refractivity contribution >= 4 is 17.8 Å². The lowest BCUT2D eigenvalue weighted by atomic mass is 10.4. The Morgan fingerprint density at radius 2 is 2.05 bits per heavy atom. The highest BCUT2D eigenvalue weighted by atomic mass is 16.5. The monoisotopic (exact) mass is 296 g/mol. The van der Waals surface area contributed by atoms with E-state index in [2.05, 4.69) is 32.5 Å². The van der Waals surface area contributed by atoms with Crippen LogP contribution in [0.15, 0.2) is 0 Å². The van der Waals surface area contributed by atoms with Gasteiger partial charge in [-0.3, -0.25) is 4.79 Å². The number of methoxy groups -OCH3 is 1. The SMILES string of the molecule is CCCNc1nc(OC)nc(N(C)CC(=O)NC(C)C)n1. The summed E-state index contributed by atoms with van der Waals surface area (Å²) in [5, 5.41) is 5.90. The summed E-state index contributed by atoms with van der Waals surface area (Å²) < 4.78 is 5.07. The third-order valence-corrected chi connectivity index (χ3v) is 2.49. The van der Waals surface area contributed by atoms with E-state index >= 15 is 0 Å². The van der Waals surface area contributed by atoms with Crippen LogP contribution >= 0.6 is 0 Å². The van der Waals surface area contributed by atoms with Gasteiger partial charge < -0.3 is 20.3 Å². The van der Waals surface area contributed by atoms with Gasteiger partial charge in [0.2, 0.25) is 17.8 Å². The number of carbonyl (C=O) groups is 1. The Bertz CT molecular complexity index is 466. The van der Waals surface area contributed by atoms with Gasteiger partial charge in [0.25, 0.3) is 0 Å². The van der Waals surface area contributed by atoms with Gasteiger partial charge in [0.1, 0.15) is 0 Å². The maximum atomic E-state index is 11.8. The second-order valence-electron chi connectivity index (χ2n) is 4.95. The third-order valence-electron chi connectivity index (χ3n) is 2.49. The number of aromatic nitrogens is 3. The molecule has 21 heavy (non-hydrogen) atoms. The number of anilines is 2. The van der Waals surface area contributed by atoms with Gasteiger partial charge in [-0.1, -0.05) is 6.92 Å². The summed E-state index contributed by atoms with van der Waals surface area (Å²) in [6.07, 6.45) is 0.954. The number of rotatable bonds is 8. The van der Waals surface area contributed by atoms with E-state index in [1.165, 1.54) is 7.11 Å². The molecule has 1 amide bonds. The summed E-state index contributed by atoms with van der Waals surface area (Å²) in [5.41, 5.74) is 0. The Balaban J connectivity index is 2.81. The van der Waals surface area contributed by atoms with E-state index in [9.17, 15) is 4.79 Å². The molecule has 8 nitrogen and oxygen atoms in total. The third kappa shape index (κ3) is 5.80. The summed E-state index contributed by atoms with van der Waals surface area (Å²) in [5.74, 6) is 0.740. The first-order valence-corrected chi connectivity index (χ1v) is 7.00. The molecule has 8 heteroatoms. The first-order chi connectivity index (χ1) is 9.96. The van der Waals surface area contributed by atoms with Crippen molar-refractivity contribution in [3.05, 3.63) is 0 Å². The Labute approximate surface area is 125 Å². The maximum Gasteiger partial charge on any atom is 0.322 e. The van der Waals surface area contributed by atoms with Gasteiger partial charge in [-0.15, -0.1) is 0 Å². The highest BCUT2D eigenvalue weighted by molar-refractivity contribution is 5.80. The Morgan fingerprint density at radius 3 is 2.62 bits per heavy atom. The van der Waals surface area contributed by atoms with Crippen molar-refractivity contribution in [2.45, 2.75) is 33.2 Å². The molecule has 1 aromatic rings. The molecule has 0 fully saturated rings. The van der Waals surface area contributed by atoms with Crippen LogP contribution in [0.1, 0.15) is 27.2 Å². The molecule has 0 saturated carbocycles. The molecule has 118 valence electrons. The summed E-state index contributed by atoms with van der Waals surface area (Å²) in [7, 11) is 3.24. The molecule has 1 heterocycles. The number of amides is 1. The molecule has 1 rings (SSSR count). The number of nitrogens with zero attached hydrogens (tertiary/aromatic N) is 4. The zero-order chi connectivity index (χ0) is 15.8. The normalized spacial score (nSPS) is 10.4. The van der Waals surface area contributed by atoms with Crippen LogP contribution in [0.25, 0.3) is 0 Å².